The zero-order chi connectivity index (χ0) is 14.5. The van der Waals surface area contributed by atoms with Gasteiger partial charge in [0.05, 0.1) is 12.3 Å². The smallest absolute Gasteiger partial charge is 0.119 e. The molecule has 3 heteroatoms. The first-order valence-corrected chi connectivity index (χ1v) is 7.71. The third kappa shape index (κ3) is 4.05. The summed E-state index contributed by atoms with van der Waals surface area (Å²) in [5.41, 5.74) is 2.45. The molecule has 0 spiro atoms. The summed E-state index contributed by atoms with van der Waals surface area (Å²) in [6.45, 7) is 4.61. The minimum absolute atomic E-state index is 0.711. The molecule has 1 fully saturated rings. The van der Waals surface area contributed by atoms with Crippen molar-refractivity contribution >= 4 is 0 Å². The summed E-state index contributed by atoms with van der Waals surface area (Å²) >= 11 is 0. The molecule has 3 rings (SSSR count). The van der Waals surface area contributed by atoms with E-state index < -0.39 is 0 Å². The van der Waals surface area contributed by atoms with E-state index in [0.29, 0.717) is 12.6 Å². The topological polar surface area (TPSA) is 25.4 Å². The van der Waals surface area contributed by atoms with E-state index in [4.69, 9.17) is 4.74 Å². The van der Waals surface area contributed by atoms with Crippen LogP contribution in [-0.4, -0.2) is 22.5 Å². The summed E-state index contributed by atoms with van der Waals surface area (Å²) in [7, 11) is 0. The van der Waals surface area contributed by atoms with Gasteiger partial charge in [0.15, 0.2) is 0 Å². The lowest BCUT2D eigenvalue weighted by atomic mass is 10.2. The number of aromatic nitrogens is 1. The first-order valence-electron chi connectivity index (χ1n) is 7.71. The highest BCUT2D eigenvalue weighted by Crippen LogP contribution is 2.30. The molecule has 0 N–H and O–H groups in total. The van der Waals surface area contributed by atoms with Crippen molar-refractivity contribution in [3.63, 3.8) is 0 Å². The summed E-state index contributed by atoms with van der Waals surface area (Å²) in [5.74, 6) is 0.962. The normalized spacial score (nSPS) is 14.4. The maximum absolute atomic E-state index is 5.59. The van der Waals surface area contributed by atoms with E-state index in [1.54, 1.807) is 0 Å². The second-order valence-corrected chi connectivity index (χ2v) is 5.54. The van der Waals surface area contributed by atoms with Gasteiger partial charge in [-0.05, 0) is 49.6 Å². The Balaban J connectivity index is 1.69. The van der Waals surface area contributed by atoms with E-state index in [2.05, 4.69) is 40.2 Å². The SMILES string of the molecule is CCOc1cccc(CN(Cc2ccccn2)C2CC2)c1. The van der Waals surface area contributed by atoms with Crippen molar-refractivity contribution in [2.24, 2.45) is 0 Å². The van der Waals surface area contributed by atoms with Crippen LogP contribution in [0.4, 0.5) is 0 Å². The molecule has 0 unspecified atom stereocenters. The lowest BCUT2D eigenvalue weighted by Gasteiger charge is -2.22. The van der Waals surface area contributed by atoms with Crippen LogP contribution in [0.25, 0.3) is 0 Å². The quantitative estimate of drug-likeness (QED) is 0.775. The molecular formula is C18H22N2O. The molecule has 1 aliphatic rings. The van der Waals surface area contributed by atoms with Gasteiger partial charge in [-0.15, -0.1) is 0 Å². The Kier molecular flexibility index (Phi) is 4.51. The third-order valence-corrected chi connectivity index (χ3v) is 3.75. The van der Waals surface area contributed by atoms with Gasteiger partial charge in [0.1, 0.15) is 5.75 Å². The lowest BCUT2D eigenvalue weighted by molar-refractivity contribution is 0.242. The van der Waals surface area contributed by atoms with Crippen LogP contribution in [0.1, 0.15) is 31.0 Å². The minimum atomic E-state index is 0.711. The molecule has 1 aromatic heterocycles. The third-order valence-electron chi connectivity index (χ3n) is 3.75. The molecule has 0 bridgehead atoms. The van der Waals surface area contributed by atoms with Crippen LogP contribution in [0.15, 0.2) is 48.7 Å². The standard InChI is InChI=1S/C18H22N2O/c1-2-21-18-8-5-6-15(12-18)13-20(17-9-10-17)14-16-7-3-4-11-19-16/h3-8,11-12,17H,2,9-10,13-14H2,1H3. The Morgan fingerprint density at radius 3 is 2.76 bits per heavy atom. The lowest BCUT2D eigenvalue weighted by Crippen LogP contribution is -2.25. The van der Waals surface area contributed by atoms with Crippen LogP contribution in [0.5, 0.6) is 5.75 Å². The number of benzene rings is 1. The average molecular weight is 282 g/mol. The van der Waals surface area contributed by atoms with Gasteiger partial charge in [0.25, 0.3) is 0 Å². The van der Waals surface area contributed by atoms with E-state index in [0.717, 1.165) is 24.5 Å². The maximum Gasteiger partial charge on any atom is 0.119 e. The average Bonchev–Trinajstić information content (AvgIpc) is 3.33. The Morgan fingerprint density at radius 1 is 1.14 bits per heavy atom. The Labute approximate surface area is 126 Å². The molecule has 0 amide bonds. The summed E-state index contributed by atoms with van der Waals surface area (Å²) < 4.78 is 5.59. The summed E-state index contributed by atoms with van der Waals surface area (Å²) in [6.07, 6.45) is 4.48. The van der Waals surface area contributed by atoms with E-state index in [-0.39, 0.29) is 0 Å². The zero-order valence-corrected chi connectivity index (χ0v) is 12.5. The molecule has 2 aromatic rings. The van der Waals surface area contributed by atoms with Crippen molar-refractivity contribution < 1.29 is 4.74 Å². The second-order valence-electron chi connectivity index (χ2n) is 5.54. The number of nitrogens with zero attached hydrogens (tertiary/aromatic N) is 2. The molecule has 1 aromatic carbocycles. The van der Waals surface area contributed by atoms with Gasteiger partial charge >= 0.3 is 0 Å². The van der Waals surface area contributed by atoms with Crippen LogP contribution in [0.3, 0.4) is 0 Å². The summed E-state index contributed by atoms with van der Waals surface area (Å²) in [5, 5.41) is 0. The van der Waals surface area contributed by atoms with Gasteiger partial charge in [-0.25, -0.2) is 0 Å². The Hall–Kier alpha value is -1.87. The Bertz CT molecular complexity index is 566. The zero-order valence-electron chi connectivity index (χ0n) is 12.5. The molecule has 1 saturated carbocycles. The molecule has 0 aliphatic heterocycles. The minimum Gasteiger partial charge on any atom is -0.494 e. The van der Waals surface area contributed by atoms with Crippen molar-refractivity contribution in [2.75, 3.05) is 6.61 Å². The predicted molar refractivity (Wildman–Crippen MR) is 84.1 cm³/mol. The summed E-state index contributed by atoms with van der Waals surface area (Å²) in [6, 6.07) is 15.3. The van der Waals surface area contributed by atoms with Gasteiger partial charge in [-0.1, -0.05) is 18.2 Å². The Morgan fingerprint density at radius 2 is 2.05 bits per heavy atom. The number of pyridine rings is 1. The van der Waals surface area contributed by atoms with Crippen LogP contribution >= 0.6 is 0 Å². The van der Waals surface area contributed by atoms with Gasteiger partial charge in [0.2, 0.25) is 0 Å². The van der Waals surface area contributed by atoms with E-state index in [1.165, 1.54) is 18.4 Å². The van der Waals surface area contributed by atoms with Crippen molar-refractivity contribution in [3.05, 3.63) is 59.9 Å². The molecule has 0 atom stereocenters. The van der Waals surface area contributed by atoms with Gasteiger partial charge in [0, 0.05) is 25.3 Å². The van der Waals surface area contributed by atoms with Crippen LogP contribution < -0.4 is 4.74 Å². The van der Waals surface area contributed by atoms with E-state index in [9.17, 15) is 0 Å². The monoisotopic (exact) mass is 282 g/mol. The highest BCUT2D eigenvalue weighted by Gasteiger charge is 2.29. The number of ether oxygens (including phenoxy) is 1. The number of hydrogen-bond donors (Lipinski definition) is 0. The van der Waals surface area contributed by atoms with Crippen molar-refractivity contribution in [3.8, 4) is 5.75 Å². The number of hydrogen-bond acceptors (Lipinski definition) is 3. The highest BCUT2D eigenvalue weighted by molar-refractivity contribution is 5.28. The molecule has 1 heterocycles. The highest BCUT2D eigenvalue weighted by atomic mass is 16.5. The molecular weight excluding hydrogens is 260 g/mol. The van der Waals surface area contributed by atoms with E-state index in [1.807, 2.05) is 25.3 Å². The molecule has 0 radical (unpaired) electrons. The fourth-order valence-electron chi connectivity index (χ4n) is 2.59. The second kappa shape index (κ2) is 6.72. The van der Waals surface area contributed by atoms with Crippen LogP contribution in [0, 0.1) is 0 Å². The van der Waals surface area contributed by atoms with Crippen molar-refractivity contribution in [1.29, 1.82) is 0 Å². The van der Waals surface area contributed by atoms with Gasteiger partial charge in [-0.3, -0.25) is 9.88 Å². The van der Waals surface area contributed by atoms with Crippen molar-refractivity contribution in [1.82, 2.24) is 9.88 Å². The van der Waals surface area contributed by atoms with E-state index >= 15 is 0 Å². The molecule has 21 heavy (non-hydrogen) atoms. The fraction of sp³-hybridized carbons (Fsp3) is 0.389. The van der Waals surface area contributed by atoms with Crippen LogP contribution in [0.2, 0.25) is 0 Å². The fourth-order valence-corrected chi connectivity index (χ4v) is 2.59. The van der Waals surface area contributed by atoms with Crippen LogP contribution in [-0.2, 0) is 13.1 Å². The van der Waals surface area contributed by atoms with Crippen molar-refractivity contribution in [2.45, 2.75) is 38.9 Å². The molecule has 1 aliphatic carbocycles. The molecule has 0 saturated heterocycles. The number of rotatable bonds is 7. The summed E-state index contributed by atoms with van der Waals surface area (Å²) in [4.78, 5) is 6.97. The van der Waals surface area contributed by atoms with Gasteiger partial charge in [-0.2, -0.15) is 0 Å². The molecule has 3 nitrogen and oxygen atoms in total. The van der Waals surface area contributed by atoms with Gasteiger partial charge < -0.3 is 4.74 Å². The molecule has 110 valence electrons. The maximum atomic E-state index is 5.59. The first kappa shape index (κ1) is 14.1. The largest absolute Gasteiger partial charge is 0.494 e. The first-order chi connectivity index (χ1) is 10.3. The predicted octanol–water partition coefficient (Wildman–Crippen LogP) is 3.64.